The quantitative estimate of drug-likeness (QED) is 0.336. The maximum absolute atomic E-state index is 14.1. The van der Waals surface area contributed by atoms with E-state index in [4.69, 9.17) is 0 Å². The predicted octanol–water partition coefficient (Wildman–Crippen LogP) is 5.45. The number of anilines is 1. The van der Waals surface area contributed by atoms with Gasteiger partial charge in [-0.1, -0.05) is 72.1 Å². The largest absolute Gasteiger partial charge is 0.352 e. The van der Waals surface area contributed by atoms with Gasteiger partial charge in [0.15, 0.2) is 0 Å². The van der Waals surface area contributed by atoms with E-state index in [-0.39, 0.29) is 23.4 Å². The van der Waals surface area contributed by atoms with Crippen molar-refractivity contribution in [1.29, 1.82) is 0 Å². The minimum absolute atomic E-state index is 0.0560. The minimum Gasteiger partial charge on any atom is -0.352 e. The molecule has 0 bridgehead atoms. The maximum Gasteiger partial charge on any atom is 0.264 e. The van der Waals surface area contributed by atoms with E-state index < -0.39 is 28.5 Å². The molecule has 0 spiro atoms. The van der Waals surface area contributed by atoms with Crippen LogP contribution in [0.1, 0.15) is 55.0 Å². The summed E-state index contributed by atoms with van der Waals surface area (Å²) in [6.07, 6.45) is 0.750. The van der Waals surface area contributed by atoms with E-state index in [1.54, 1.807) is 37.3 Å². The van der Waals surface area contributed by atoms with Crippen molar-refractivity contribution in [1.82, 2.24) is 10.2 Å². The van der Waals surface area contributed by atoms with E-state index >= 15 is 0 Å². The summed E-state index contributed by atoms with van der Waals surface area (Å²) < 4.78 is 29.2. The number of carbonyl (C=O) groups excluding carboxylic acids is 2. The first kappa shape index (κ1) is 30.9. The summed E-state index contributed by atoms with van der Waals surface area (Å²) in [5.41, 5.74) is 4.95. The number of hydrogen-bond donors (Lipinski definition) is 1. The lowest BCUT2D eigenvalue weighted by Crippen LogP contribution is -2.52. The van der Waals surface area contributed by atoms with Gasteiger partial charge in [-0.3, -0.25) is 13.9 Å². The third kappa shape index (κ3) is 7.50. The van der Waals surface area contributed by atoms with Crippen molar-refractivity contribution in [2.24, 2.45) is 0 Å². The second-order valence-electron chi connectivity index (χ2n) is 10.6. The van der Waals surface area contributed by atoms with Crippen molar-refractivity contribution in [2.45, 2.75) is 78.4 Å². The third-order valence-corrected chi connectivity index (χ3v) is 8.89. The van der Waals surface area contributed by atoms with E-state index in [1.165, 1.54) is 4.90 Å². The molecule has 0 unspecified atom stereocenters. The molecular formula is C32H41N3O4S. The Labute approximate surface area is 239 Å². The van der Waals surface area contributed by atoms with Gasteiger partial charge < -0.3 is 10.2 Å². The van der Waals surface area contributed by atoms with E-state index in [2.05, 4.69) is 5.32 Å². The molecule has 214 valence electrons. The highest BCUT2D eigenvalue weighted by Gasteiger charge is 2.33. The first-order valence-corrected chi connectivity index (χ1v) is 15.1. The minimum atomic E-state index is -4.10. The van der Waals surface area contributed by atoms with Gasteiger partial charge in [0.25, 0.3) is 10.0 Å². The summed E-state index contributed by atoms with van der Waals surface area (Å²) >= 11 is 0. The predicted molar refractivity (Wildman–Crippen MR) is 161 cm³/mol. The summed E-state index contributed by atoms with van der Waals surface area (Å²) in [6, 6.07) is 18.9. The number of amides is 2. The SMILES string of the molecule is CC[C@@H](C)NC(=O)[C@H](C)N(Cc1cccc(C)c1)C(=O)CN(c1ccc(C)cc1C)S(=O)(=O)c1ccc(C)cc1. The van der Waals surface area contributed by atoms with Gasteiger partial charge in [0.1, 0.15) is 12.6 Å². The molecule has 3 rings (SSSR count). The van der Waals surface area contributed by atoms with E-state index in [9.17, 15) is 18.0 Å². The monoisotopic (exact) mass is 563 g/mol. The molecule has 0 aromatic heterocycles. The fourth-order valence-electron chi connectivity index (χ4n) is 4.49. The number of nitrogens with one attached hydrogen (secondary N) is 1. The Hall–Kier alpha value is -3.65. The Morgan fingerprint density at radius 3 is 2.08 bits per heavy atom. The van der Waals surface area contributed by atoms with Gasteiger partial charge in [-0.15, -0.1) is 0 Å². The van der Waals surface area contributed by atoms with Gasteiger partial charge in [-0.25, -0.2) is 8.42 Å². The van der Waals surface area contributed by atoms with Crippen LogP contribution in [0.5, 0.6) is 0 Å². The number of carbonyl (C=O) groups is 2. The lowest BCUT2D eigenvalue weighted by molar-refractivity contribution is -0.139. The van der Waals surface area contributed by atoms with Crippen LogP contribution in [0.4, 0.5) is 5.69 Å². The Balaban J connectivity index is 2.06. The smallest absolute Gasteiger partial charge is 0.264 e. The van der Waals surface area contributed by atoms with Crippen LogP contribution in [-0.4, -0.2) is 43.8 Å². The first-order chi connectivity index (χ1) is 18.8. The Bertz CT molecular complexity index is 1450. The zero-order valence-electron chi connectivity index (χ0n) is 24.6. The lowest BCUT2D eigenvalue weighted by atomic mass is 10.1. The normalized spacial score (nSPS) is 12.9. The fraction of sp³-hybridized carbons (Fsp3) is 0.375. The van der Waals surface area contributed by atoms with Crippen molar-refractivity contribution in [3.63, 3.8) is 0 Å². The summed E-state index contributed by atoms with van der Waals surface area (Å²) in [5, 5.41) is 2.96. The summed E-state index contributed by atoms with van der Waals surface area (Å²) in [5.74, 6) is -0.751. The van der Waals surface area contributed by atoms with Crippen LogP contribution in [0.2, 0.25) is 0 Å². The standard InChI is InChI=1S/C32H41N3O4S/c1-8-26(6)33-32(37)27(7)34(20-28-11-9-10-23(3)19-28)31(36)21-35(30-17-14-24(4)18-25(30)5)40(38,39)29-15-12-22(2)13-16-29/h9-19,26-27H,8,20-21H2,1-7H3,(H,33,37)/t26-,27+/m1/s1. The molecule has 8 heteroatoms. The Morgan fingerprint density at radius 2 is 1.48 bits per heavy atom. The molecule has 3 aromatic carbocycles. The molecule has 2 atom stereocenters. The van der Waals surface area contributed by atoms with Gasteiger partial charge in [0.2, 0.25) is 11.8 Å². The van der Waals surface area contributed by atoms with E-state index in [1.807, 2.05) is 77.9 Å². The topological polar surface area (TPSA) is 86.8 Å². The Kier molecular flexibility index (Phi) is 10.1. The average Bonchev–Trinajstić information content (AvgIpc) is 2.90. The Morgan fingerprint density at radius 1 is 0.850 bits per heavy atom. The van der Waals surface area contributed by atoms with Crippen molar-refractivity contribution in [2.75, 3.05) is 10.8 Å². The third-order valence-electron chi connectivity index (χ3n) is 7.11. The molecule has 0 saturated carbocycles. The highest BCUT2D eigenvalue weighted by Crippen LogP contribution is 2.28. The zero-order valence-corrected chi connectivity index (χ0v) is 25.4. The van der Waals surface area contributed by atoms with Gasteiger partial charge in [0, 0.05) is 12.6 Å². The summed E-state index contributed by atoms with van der Waals surface area (Å²) in [6.45, 7) is 12.9. The molecule has 1 N–H and O–H groups in total. The molecule has 0 aliphatic heterocycles. The van der Waals surface area contributed by atoms with Crippen LogP contribution >= 0.6 is 0 Å². The number of aryl methyl sites for hydroxylation is 4. The molecule has 2 amide bonds. The number of nitrogens with zero attached hydrogens (tertiary/aromatic N) is 2. The number of rotatable bonds is 11. The summed E-state index contributed by atoms with van der Waals surface area (Å²) in [4.78, 5) is 28.8. The van der Waals surface area contributed by atoms with Crippen LogP contribution in [-0.2, 0) is 26.2 Å². The molecule has 7 nitrogen and oxygen atoms in total. The molecule has 3 aromatic rings. The highest BCUT2D eigenvalue weighted by atomic mass is 32.2. The number of benzene rings is 3. The molecule has 0 saturated heterocycles. The van der Waals surface area contributed by atoms with Crippen LogP contribution in [0, 0.1) is 27.7 Å². The van der Waals surface area contributed by atoms with E-state index in [0.717, 1.165) is 38.5 Å². The molecule has 40 heavy (non-hydrogen) atoms. The van der Waals surface area contributed by atoms with Gasteiger partial charge in [-0.2, -0.15) is 0 Å². The number of hydrogen-bond acceptors (Lipinski definition) is 4. The van der Waals surface area contributed by atoms with Crippen LogP contribution in [0.25, 0.3) is 0 Å². The second kappa shape index (κ2) is 13.1. The van der Waals surface area contributed by atoms with Crippen molar-refractivity contribution >= 4 is 27.5 Å². The average molecular weight is 564 g/mol. The molecule has 0 aliphatic rings. The second-order valence-corrected chi connectivity index (χ2v) is 12.5. The zero-order chi connectivity index (χ0) is 29.6. The lowest BCUT2D eigenvalue weighted by Gasteiger charge is -2.33. The first-order valence-electron chi connectivity index (χ1n) is 13.7. The fourth-order valence-corrected chi connectivity index (χ4v) is 5.97. The molecule has 0 radical (unpaired) electrons. The van der Waals surface area contributed by atoms with Gasteiger partial charge >= 0.3 is 0 Å². The summed E-state index contributed by atoms with van der Waals surface area (Å²) in [7, 11) is -4.10. The van der Waals surface area contributed by atoms with Gasteiger partial charge in [-0.05, 0) is 77.3 Å². The number of sulfonamides is 1. The van der Waals surface area contributed by atoms with Gasteiger partial charge in [0.05, 0.1) is 10.6 Å². The van der Waals surface area contributed by atoms with Crippen molar-refractivity contribution in [3.8, 4) is 0 Å². The molecular weight excluding hydrogens is 522 g/mol. The van der Waals surface area contributed by atoms with Crippen molar-refractivity contribution in [3.05, 3.63) is 94.5 Å². The van der Waals surface area contributed by atoms with Crippen LogP contribution in [0.15, 0.2) is 71.6 Å². The van der Waals surface area contributed by atoms with Crippen molar-refractivity contribution < 1.29 is 18.0 Å². The van der Waals surface area contributed by atoms with E-state index in [0.29, 0.717) is 5.69 Å². The molecule has 0 heterocycles. The molecule has 0 aliphatic carbocycles. The molecule has 0 fully saturated rings. The van der Waals surface area contributed by atoms with Crippen LogP contribution in [0.3, 0.4) is 0 Å². The highest BCUT2D eigenvalue weighted by molar-refractivity contribution is 7.92. The maximum atomic E-state index is 14.1. The van der Waals surface area contributed by atoms with Crippen LogP contribution < -0.4 is 9.62 Å².